The molecular formula is C11H14N2O5S. The molecule has 0 saturated heterocycles. The maximum Gasteiger partial charge on any atom is 0.269 e. The Morgan fingerprint density at radius 1 is 1.42 bits per heavy atom. The van der Waals surface area contributed by atoms with Crippen LogP contribution >= 0.6 is 0 Å². The topological polar surface area (TPSA) is 110 Å². The number of sulfone groups is 1. The number of non-ortho nitro benzene ring substituents is 1. The Hall–Kier alpha value is -1.96. The predicted molar refractivity (Wildman–Crippen MR) is 70.3 cm³/mol. The Morgan fingerprint density at radius 2 is 1.95 bits per heavy atom. The number of nitrogens with zero attached hydrogens (tertiary/aromatic N) is 2. The molecule has 1 aromatic rings. The van der Waals surface area contributed by atoms with E-state index in [1.165, 1.54) is 24.3 Å². The van der Waals surface area contributed by atoms with Crippen molar-refractivity contribution in [2.75, 3.05) is 6.26 Å². The lowest BCUT2D eigenvalue weighted by molar-refractivity contribution is -0.384. The van der Waals surface area contributed by atoms with Crippen molar-refractivity contribution in [3.63, 3.8) is 0 Å². The normalized spacial score (nSPS) is 14.1. The van der Waals surface area contributed by atoms with Crippen molar-refractivity contribution in [1.82, 2.24) is 0 Å². The first-order valence-electron chi connectivity index (χ1n) is 5.47. The molecule has 0 bridgehead atoms. The summed E-state index contributed by atoms with van der Waals surface area (Å²) in [6.07, 6.45) is 1.30. The molecule has 0 heterocycles. The molecule has 8 heteroatoms. The molecule has 0 aliphatic carbocycles. The summed E-state index contributed by atoms with van der Waals surface area (Å²) in [5, 5.41) is 21.6. The van der Waals surface area contributed by atoms with Crippen LogP contribution in [0.25, 0.3) is 0 Å². The van der Waals surface area contributed by atoms with Gasteiger partial charge in [0.2, 0.25) is 0 Å². The van der Waals surface area contributed by atoms with Crippen molar-refractivity contribution in [1.29, 1.82) is 0 Å². The molecule has 0 amide bonds. The van der Waals surface area contributed by atoms with Crippen LogP contribution < -0.4 is 0 Å². The van der Waals surface area contributed by atoms with E-state index in [9.17, 15) is 18.5 Å². The summed E-state index contributed by atoms with van der Waals surface area (Å²) in [6.45, 7) is 1.66. The van der Waals surface area contributed by atoms with Crippen molar-refractivity contribution in [2.45, 2.75) is 18.6 Å². The Kier molecular flexibility index (Phi) is 4.60. The maximum atomic E-state index is 11.6. The van der Waals surface area contributed by atoms with Crippen LogP contribution in [-0.2, 0) is 9.84 Å². The summed E-state index contributed by atoms with van der Waals surface area (Å²) in [7, 11) is -3.43. The fourth-order valence-corrected chi connectivity index (χ4v) is 2.96. The molecule has 0 unspecified atom stereocenters. The van der Waals surface area contributed by atoms with Gasteiger partial charge < -0.3 is 5.21 Å². The van der Waals surface area contributed by atoms with Crippen LogP contribution in [-0.4, -0.2) is 35.8 Å². The average molecular weight is 286 g/mol. The summed E-state index contributed by atoms with van der Waals surface area (Å²) in [5.74, 6) is 0. The van der Waals surface area contributed by atoms with Gasteiger partial charge in [-0.2, -0.15) is 0 Å². The van der Waals surface area contributed by atoms with E-state index in [1.807, 2.05) is 0 Å². The van der Waals surface area contributed by atoms with Crippen molar-refractivity contribution in [3.8, 4) is 0 Å². The van der Waals surface area contributed by atoms with Crippen LogP contribution in [0.2, 0.25) is 0 Å². The fourth-order valence-electron chi connectivity index (χ4n) is 1.76. The van der Waals surface area contributed by atoms with Gasteiger partial charge in [0.15, 0.2) is 9.84 Å². The Bertz CT molecular complexity index is 592. The Balaban J connectivity index is 3.21. The molecule has 0 saturated carbocycles. The summed E-state index contributed by atoms with van der Waals surface area (Å²) < 4.78 is 23.2. The molecule has 0 radical (unpaired) electrons. The molecule has 1 N–H and O–H groups in total. The van der Waals surface area contributed by atoms with Crippen molar-refractivity contribution >= 4 is 21.2 Å². The molecule has 1 aromatic carbocycles. The molecule has 1 atom stereocenters. The van der Waals surface area contributed by atoms with Gasteiger partial charge in [-0.15, -0.1) is 0 Å². The molecule has 0 fully saturated rings. The molecule has 0 aliphatic heterocycles. The zero-order chi connectivity index (χ0) is 14.6. The third kappa shape index (κ3) is 3.50. The SMILES string of the molecule is CC[C@H](/C(=N\O)c1ccc([N+](=O)[O-])cc1)S(C)(=O)=O. The average Bonchev–Trinajstić information content (AvgIpc) is 2.34. The van der Waals surface area contributed by atoms with Crippen LogP contribution in [0.15, 0.2) is 29.4 Å². The highest BCUT2D eigenvalue weighted by molar-refractivity contribution is 7.92. The lowest BCUT2D eigenvalue weighted by Crippen LogP contribution is -2.29. The monoisotopic (exact) mass is 286 g/mol. The van der Waals surface area contributed by atoms with Gasteiger partial charge in [0.25, 0.3) is 5.69 Å². The van der Waals surface area contributed by atoms with E-state index in [0.717, 1.165) is 6.26 Å². The number of hydrogen-bond donors (Lipinski definition) is 1. The second-order valence-electron chi connectivity index (χ2n) is 4.02. The minimum absolute atomic E-state index is 0.0140. The summed E-state index contributed by atoms with van der Waals surface area (Å²) in [4.78, 5) is 9.97. The highest BCUT2D eigenvalue weighted by Crippen LogP contribution is 2.17. The quantitative estimate of drug-likeness (QED) is 0.382. The zero-order valence-corrected chi connectivity index (χ0v) is 11.3. The molecular weight excluding hydrogens is 272 g/mol. The highest BCUT2D eigenvalue weighted by Gasteiger charge is 2.27. The van der Waals surface area contributed by atoms with Gasteiger partial charge in [0.05, 0.1) is 4.92 Å². The summed E-state index contributed by atoms with van der Waals surface area (Å²) in [6, 6.07) is 5.19. The lowest BCUT2D eigenvalue weighted by atomic mass is 10.1. The van der Waals surface area contributed by atoms with Crippen LogP contribution in [0.5, 0.6) is 0 Å². The van der Waals surface area contributed by atoms with E-state index in [1.54, 1.807) is 6.92 Å². The fraction of sp³-hybridized carbons (Fsp3) is 0.364. The minimum atomic E-state index is -3.43. The standard InChI is InChI=1S/C11H14N2O5S/c1-3-10(19(2,17)18)11(12-14)8-4-6-9(7-5-8)13(15)16/h4-7,10,14H,3H2,1-2H3/b12-11-/t10-/m1/s1. The molecule has 19 heavy (non-hydrogen) atoms. The first-order valence-corrected chi connectivity index (χ1v) is 7.42. The Morgan fingerprint density at radius 3 is 2.26 bits per heavy atom. The van der Waals surface area contributed by atoms with E-state index in [0.29, 0.717) is 5.56 Å². The molecule has 0 aliphatic rings. The number of nitro benzene ring substituents is 1. The van der Waals surface area contributed by atoms with Crippen LogP contribution in [0.1, 0.15) is 18.9 Å². The van der Waals surface area contributed by atoms with E-state index in [2.05, 4.69) is 5.16 Å². The highest BCUT2D eigenvalue weighted by atomic mass is 32.2. The van der Waals surface area contributed by atoms with E-state index in [4.69, 9.17) is 5.21 Å². The van der Waals surface area contributed by atoms with Gasteiger partial charge in [0.1, 0.15) is 11.0 Å². The van der Waals surface area contributed by atoms with Crippen molar-refractivity contribution in [3.05, 3.63) is 39.9 Å². The molecule has 0 spiro atoms. The van der Waals surface area contributed by atoms with Gasteiger partial charge >= 0.3 is 0 Å². The van der Waals surface area contributed by atoms with Crippen molar-refractivity contribution in [2.24, 2.45) is 5.16 Å². The van der Waals surface area contributed by atoms with Gasteiger partial charge in [-0.05, 0) is 18.6 Å². The van der Waals surface area contributed by atoms with E-state index >= 15 is 0 Å². The number of nitro groups is 1. The zero-order valence-electron chi connectivity index (χ0n) is 10.5. The van der Waals surface area contributed by atoms with Crippen LogP contribution in [0.4, 0.5) is 5.69 Å². The number of rotatable bonds is 5. The van der Waals surface area contributed by atoms with Crippen molar-refractivity contribution < 1.29 is 18.5 Å². The number of benzene rings is 1. The summed E-state index contributed by atoms with van der Waals surface area (Å²) >= 11 is 0. The smallest absolute Gasteiger partial charge is 0.269 e. The largest absolute Gasteiger partial charge is 0.411 e. The molecule has 7 nitrogen and oxygen atoms in total. The summed E-state index contributed by atoms with van der Waals surface area (Å²) in [5.41, 5.74) is 0.207. The van der Waals surface area contributed by atoms with Gasteiger partial charge in [-0.25, -0.2) is 8.42 Å². The van der Waals surface area contributed by atoms with Gasteiger partial charge in [0, 0.05) is 24.0 Å². The lowest BCUT2D eigenvalue weighted by Gasteiger charge is -2.14. The first-order chi connectivity index (χ1) is 8.81. The third-order valence-electron chi connectivity index (χ3n) is 2.67. The molecule has 0 aromatic heterocycles. The number of oxime groups is 1. The van der Waals surface area contributed by atoms with Gasteiger partial charge in [-0.3, -0.25) is 10.1 Å². The second-order valence-corrected chi connectivity index (χ2v) is 6.24. The first kappa shape index (κ1) is 15.1. The maximum absolute atomic E-state index is 11.6. The van der Waals surface area contributed by atoms with E-state index in [-0.39, 0.29) is 17.8 Å². The number of hydrogen-bond acceptors (Lipinski definition) is 6. The van der Waals surface area contributed by atoms with E-state index < -0.39 is 20.0 Å². The predicted octanol–water partition coefficient (Wildman–Crippen LogP) is 1.60. The van der Waals surface area contributed by atoms with Gasteiger partial charge in [-0.1, -0.05) is 12.1 Å². The molecule has 1 rings (SSSR count). The second kappa shape index (κ2) is 5.79. The molecule has 104 valence electrons. The third-order valence-corrected chi connectivity index (χ3v) is 4.26. The van der Waals surface area contributed by atoms with Crippen LogP contribution in [0, 0.1) is 10.1 Å². The Labute approximate surface area is 110 Å². The minimum Gasteiger partial charge on any atom is -0.411 e. The van der Waals surface area contributed by atoms with Crippen LogP contribution in [0.3, 0.4) is 0 Å².